The van der Waals surface area contributed by atoms with Gasteiger partial charge in [-0.15, -0.1) is 11.3 Å². The lowest BCUT2D eigenvalue weighted by Crippen LogP contribution is -2.53. The average molecular weight is 488 g/mol. The van der Waals surface area contributed by atoms with Crippen molar-refractivity contribution in [2.75, 3.05) is 43.5 Å². The minimum Gasteiger partial charge on any atom is -0.495 e. The molecule has 178 valence electrons. The van der Waals surface area contributed by atoms with Crippen molar-refractivity contribution in [1.82, 2.24) is 14.9 Å². The Morgan fingerprint density at radius 2 is 1.89 bits per heavy atom. The number of rotatable bonds is 5. The van der Waals surface area contributed by atoms with Gasteiger partial charge in [0.2, 0.25) is 5.91 Å². The van der Waals surface area contributed by atoms with Gasteiger partial charge in [-0.2, -0.15) is 0 Å². The van der Waals surface area contributed by atoms with E-state index < -0.39 is 0 Å². The molecule has 4 heterocycles. The van der Waals surface area contributed by atoms with E-state index in [4.69, 9.17) is 9.15 Å². The van der Waals surface area contributed by atoms with Crippen LogP contribution in [0.4, 0.5) is 11.5 Å². The predicted octanol–water partition coefficient (Wildman–Crippen LogP) is 4.75. The molecule has 1 amide bonds. The van der Waals surface area contributed by atoms with Crippen LogP contribution in [0.3, 0.4) is 0 Å². The monoisotopic (exact) mass is 487 g/mol. The fourth-order valence-corrected chi connectivity index (χ4v) is 5.50. The van der Waals surface area contributed by atoms with Crippen LogP contribution in [0.1, 0.15) is 6.92 Å². The molecule has 2 aromatic carbocycles. The zero-order chi connectivity index (χ0) is 23.9. The van der Waals surface area contributed by atoms with Crippen LogP contribution in [-0.4, -0.2) is 60.1 Å². The van der Waals surface area contributed by atoms with Crippen molar-refractivity contribution in [3.8, 4) is 5.75 Å². The molecule has 0 saturated carbocycles. The maximum Gasteiger partial charge on any atom is 0.241 e. The van der Waals surface area contributed by atoms with Gasteiger partial charge in [-0.05, 0) is 30.5 Å². The number of carbonyl (C=O) groups is 1. The molecule has 1 aliphatic rings. The van der Waals surface area contributed by atoms with E-state index in [-0.39, 0.29) is 11.9 Å². The first-order valence-electron chi connectivity index (χ1n) is 11.6. The third-order valence-electron chi connectivity index (χ3n) is 6.74. The van der Waals surface area contributed by atoms with E-state index in [1.807, 2.05) is 48.7 Å². The Labute approximate surface area is 206 Å². The Kier molecular flexibility index (Phi) is 5.50. The van der Waals surface area contributed by atoms with E-state index in [9.17, 15) is 4.79 Å². The number of hydrogen-bond donors (Lipinski definition) is 1. The first kappa shape index (κ1) is 21.8. The smallest absolute Gasteiger partial charge is 0.241 e. The van der Waals surface area contributed by atoms with Crippen LogP contribution in [0.25, 0.3) is 32.2 Å². The number of amides is 1. The zero-order valence-corrected chi connectivity index (χ0v) is 20.3. The third-order valence-corrected chi connectivity index (χ3v) is 7.56. The lowest BCUT2D eigenvalue weighted by atomic mass is 10.1. The quantitative estimate of drug-likeness (QED) is 0.383. The van der Waals surface area contributed by atoms with Gasteiger partial charge < -0.3 is 19.4 Å². The summed E-state index contributed by atoms with van der Waals surface area (Å²) in [5.41, 5.74) is 2.13. The molecule has 1 saturated heterocycles. The van der Waals surface area contributed by atoms with Crippen molar-refractivity contribution in [1.29, 1.82) is 0 Å². The minimum absolute atomic E-state index is 0.0746. The normalized spacial score (nSPS) is 15.7. The largest absolute Gasteiger partial charge is 0.495 e. The molecule has 9 heteroatoms. The van der Waals surface area contributed by atoms with Crippen LogP contribution < -0.4 is 15.0 Å². The fraction of sp³-hybridized carbons (Fsp3) is 0.269. The summed E-state index contributed by atoms with van der Waals surface area (Å²) in [7, 11) is 1.61. The Hall–Kier alpha value is -3.69. The number of nitrogens with one attached hydrogen (secondary N) is 1. The van der Waals surface area contributed by atoms with Gasteiger partial charge in [-0.1, -0.05) is 18.2 Å². The summed E-state index contributed by atoms with van der Waals surface area (Å²) in [5.74, 6) is 1.50. The Morgan fingerprint density at radius 3 is 2.71 bits per heavy atom. The summed E-state index contributed by atoms with van der Waals surface area (Å²) < 4.78 is 11.6. The molecule has 0 spiro atoms. The number of methoxy groups -OCH3 is 1. The molecule has 6 rings (SSSR count). The fourth-order valence-electron chi connectivity index (χ4n) is 4.77. The summed E-state index contributed by atoms with van der Waals surface area (Å²) in [4.78, 5) is 27.6. The number of carbonyl (C=O) groups excluding carboxylic acids is 1. The Bertz CT molecular complexity index is 1540. The number of ether oxygens (including phenoxy) is 1. The zero-order valence-electron chi connectivity index (χ0n) is 19.5. The number of fused-ring (bicyclic) bond motifs is 4. The first-order chi connectivity index (χ1) is 17.1. The van der Waals surface area contributed by atoms with Crippen molar-refractivity contribution in [3.05, 3.63) is 54.2 Å². The maximum absolute atomic E-state index is 13.2. The van der Waals surface area contributed by atoms with E-state index in [2.05, 4.69) is 31.2 Å². The van der Waals surface area contributed by atoms with Crippen LogP contribution in [0.2, 0.25) is 0 Å². The van der Waals surface area contributed by atoms with Gasteiger partial charge in [0.05, 0.1) is 24.2 Å². The minimum atomic E-state index is -0.292. The molecule has 5 aromatic rings. The Morgan fingerprint density at radius 1 is 1.06 bits per heavy atom. The highest BCUT2D eigenvalue weighted by molar-refractivity contribution is 7.16. The molecule has 0 bridgehead atoms. The lowest BCUT2D eigenvalue weighted by Gasteiger charge is -2.38. The molecule has 0 radical (unpaired) electrons. The summed E-state index contributed by atoms with van der Waals surface area (Å²) in [6, 6.07) is 13.4. The van der Waals surface area contributed by atoms with Crippen LogP contribution in [0.5, 0.6) is 5.75 Å². The van der Waals surface area contributed by atoms with E-state index >= 15 is 0 Å². The number of para-hydroxylation sites is 1. The number of hydrogen-bond acceptors (Lipinski definition) is 8. The second kappa shape index (κ2) is 8.83. The number of nitrogens with zero attached hydrogens (tertiary/aromatic N) is 4. The number of thiophene rings is 1. The summed E-state index contributed by atoms with van der Waals surface area (Å²) in [6.07, 6.45) is 1.63. The SMILES string of the molecule is COc1cc2c(cc1NC(=O)C(C)N1CCN(c3ncnc4sccc34)CC1)oc1ccccc12. The molecule has 3 aromatic heterocycles. The van der Waals surface area contributed by atoms with Crippen LogP contribution in [-0.2, 0) is 4.79 Å². The van der Waals surface area contributed by atoms with E-state index in [1.165, 1.54) is 0 Å². The van der Waals surface area contributed by atoms with Crippen molar-refractivity contribution in [2.24, 2.45) is 0 Å². The molecule has 8 nitrogen and oxygen atoms in total. The molecule has 1 atom stereocenters. The average Bonchev–Trinajstić information content (AvgIpc) is 3.52. The molecule has 1 unspecified atom stereocenters. The number of aromatic nitrogens is 2. The van der Waals surface area contributed by atoms with Gasteiger partial charge in [-0.3, -0.25) is 9.69 Å². The molecule has 0 aliphatic carbocycles. The number of furan rings is 1. The van der Waals surface area contributed by atoms with Gasteiger partial charge in [-0.25, -0.2) is 9.97 Å². The molecule has 35 heavy (non-hydrogen) atoms. The van der Waals surface area contributed by atoms with Gasteiger partial charge >= 0.3 is 0 Å². The van der Waals surface area contributed by atoms with Crippen LogP contribution in [0, 0.1) is 0 Å². The molecular weight excluding hydrogens is 462 g/mol. The highest BCUT2D eigenvalue weighted by Gasteiger charge is 2.27. The van der Waals surface area contributed by atoms with Gasteiger partial charge in [0, 0.05) is 43.0 Å². The third kappa shape index (κ3) is 3.86. The van der Waals surface area contributed by atoms with Crippen molar-refractivity contribution >= 4 is 60.9 Å². The van der Waals surface area contributed by atoms with Crippen molar-refractivity contribution < 1.29 is 13.9 Å². The summed E-state index contributed by atoms with van der Waals surface area (Å²) in [5, 5.41) is 8.18. The number of piperazine rings is 1. The first-order valence-corrected chi connectivity index (χ1v) is 12.5. The molecule has 1 N–H and O–H groups in total. The van der Waals surface area contributed by atoms with E-state index in [0.29, 0.717) is 17.0 Å². The van der Waals surface area contributed by atoms with Gasteiger partial charge in [0.15, 0.2) is 0 Å². The highest BCUT2D eigenvalue weighted by atomic mass is 32.1. The summed E-state index contributed by atoms with van der Waals surface area (Å²) >= 11 is 1.62. The van der Waals surface area contributed by atoms with E-state index in [0.717, 1.165) is 58.6 Å². The molecule has 1 aliphatic heterocycles. The van der Waals surface area contributed by atoms with Crippen molar-refractivity contribution in [3.63, 3.8) is 0 Å². The van der Waals surface area contributed by atoms with E-state index in [1.54, 1.807) is 24.8 Å². The topological polar surface area (TPSA) is 83.7 Å². The van der Waals surface area contributed by atoms with Crippen molar-refractivity contribution in [2.45, 2.75) is 13.0 Å². The van der Waals surface area contributed by atoms with Gasteiger partial charge in [0.1, 0.15) is 33.9 Å². The Balaban J connectivity index is 1.17. The number of benzene rings is 2. The maximum atomic E-state index is 13.2. The molecule has 1 fully saturated rings. The summed E-state index contributed by atoms with van der Waals surface area (Å²) in [6.45, 7) is 5.08. The van der Waals surface area contributed by atoms with Gasteiger partial charge in [0.25, 0.3) is 0 Å². The molecular formula is C26H25N5O3S. The van der Waals surface area contributed by atoms with Crippen LogP contribution in [0.15, 0.2) is 58.6 Å². The lowest BCUT2D eigenvalue weighted by molar-refractivity contribution is -0.120. The van der Waals surface area contributed by atoms with Crippen LogP contribution >= 0.6 is 11.3 Å². The number of anilines is 2. The standard InChI is InChI=1S/C26H25N5O3S/c1-16(30-8-10-31(11-9-30)24-18-7-12-35-26(18)28-15-27-24)25(32)29-20-14-22-19(13-23(20)33-2)17-5-3-4-6-21(17)34-22/h3-7,12-16H,8-11H2,1-2H3,(H,29,32). The second-order valence-electron chi connectivity index (χ2n) is 8.67. The second-order valence-corrected chi connectivity index (χ2v) is 9.57. The predicted molar refractivity (Wildman–Crippen MR) is 140 cm³/mol. The highest BCUT2D eigenvalue weighted by Crippen LogP contribution is 2.36.